The highest BCUT2D eigenvalue weighted by atomic mass is 32.2. The third kappa shape index (κ3) is 19.6. The van der Waals surface area contributed by atoms with Gasteiger partial charge in [0.05, 0.1) is 57.1 Å². The summed E-state index contributed by atoms with van der Waals surface area (Å²) in [6, 6.07) is 2.22. The monoisotopic (exact) mass is 977 g/mol. The van der Waals surface area contributed by atoms with E-state index in [2.05, 4.69) is 31.6 Å². The van der Waals surface area contributed by atoms with Crippen LogP contribution in [0.3, 0.4) is 0 Å². The first-order chi connectivity index (χ1) is 32.2. The summed E-state index contributed by atoms with van der Waals surface area (Å²) in [6.45, 7) is 0.335. The second-order valence-corrected chi connectivity index (χ2v) is 16.6. The SMILES string of the molecule is CN(C)c1ccc2c(CC(=O)NCCOCCOCCNC(=O)CCN3C(=O)CC(SC[C@H](NC(=O)[C@H](CC(=O)O)NC(=O)CNC(=O)[C@@H](N)CCCN=C(N)N)C(=O)O)C3=O)cc(=O)oc2c1. The number of carbonyl (C=O) groups is 9. The van der Waals surface area contributed by atoms with Crippen LogP contribution in [0.2, 0.25) is 0 Å². The second kappa shape index (κ2) is 28.4. The van der Waals surface area contributed by atoms with Crippen LogP contribution >= 0.6 is 11.8 Å². The number of nitrogens with zero attached hydrogens (tertiary/aromatic N) is 3. The van der Waals surface area contributed by atoms with Crippen molar-refractivity contribution in [1.82, 2.24) is 31.5 Å². The Balaban J connectivity index is 1.30. The number of likely N-dealkylation sites (tertiary alicyclic amines) is 1. The van der Waals surface area contributed by atoms with E-state index >= 15 is 0 Å². The van der Waals surface area contributed by atoms with Gasteiger partial charge >= 0.3 is 17.6 Å². The lowest BCUT2D eigenvalue weighted by Gasteiger charge is -2.21. The lowest BCUT2D eigenvalue weighted by molar-refractivity contribution is -0.143. The van der Waals surface area contributed by atoms with Crippen LogP contribution in [0.4, 0.5) is 5.69 Å². The Kier molecular flexibility index (Phi) is 23.1. The zero-order chi connectivity index (χ0) is 50.3. The third-order valence-corrected chi connectivity index (χ3v) is 11.1. The number of rotatable bonds is 31. The van der Waals surface area contributed by atoms with Crippen molar-refractivity contribution in [3.63, 3.8) is 0 Å². The van der Waals surface area contributed by atoms with E-state index < -0.39 is 95.1 Å². The van der Waals surface area contributed by atoms with Gasteiger partial charge in [0.15, 0.2) is 5.96 Å². The van der Waals surface area contributed by atoms with Crippen LogP contribution in [0.15, 0.2) is 38.5 Å². The number of guanidine groups is 1. The topological polar surface area (TPSA) is 400 Å². The van der Waals surface area contributed by atoms with Gasteiger partial charge in [-0.2, -0.15) is 0 Å². The standard InChI is InChI=1S/C41H59N11O15S/c1-51(2)24-5-6-25-23(17-36(59)67-29(25)18-24)16-32(54)46-10-13-66-15-14-65-12-9-45-31(53)7-11-52-34(56)20-30(39(52)62)68-22-28(40(63)64)50-38(61)27(19-35(57)58)49-33(55)21-48-37(60)26(42)4-3-8-47-41(43)44/h5-6,17-18,26-28,30H,3-4,7-16,19-22,42H2,1-2H3,(H,45,53)(H,46,54)(H,48,60)(H,49,55)(H,50,61)(H,57,58)(H,63,64)(H4,43,44,47)/t26-,27-,28-,30?/m0/s1. The highest BCUT2D eigenvalue weighted by molar-refractivity contribution is 8.00. The molecule has 0 aliphatic carbocycles. The number of carboxylic acids is 2. The van der Waals surface area contributed by atoms with Gasteiger partial charge in [-0.1, -0.05) is 0 Å². The van der Waals surface area contributed by atoms with Gasteiger partial charge in [-0.15, -0.1) is 11.8 Å². The Morgan fingerprint density at radius 2 is 1.57 bits per heavy atom. The molecule has 68 heavy (non-hydrogen) atoms. The first-order valence-corrected chi connectivity index (χ1v) is 22.3. The van der Waals surface area contributed by atoms with Crippen molar-refractivity contribution in [1.29, 1.82) is 0 Å². The molecule has 1 fully saturated rings. The summed E-state index contributed by atoms with van der Waals surface area (Å²) in [5.74, 6) is -8.54. The Labute approximate surface area is 393 Å². The van der Waals surface area contributed by atoms with Crippen LogP contribution in [0.25, 0.3) is 11.0 Å². The van der Waals surface area contributed by atoms with E-state index in [0.717, 1.165) is 22.3 Å². The van der Waals surface area contributed by atoms with E-state index in [1.807, 2.05) is 25.1 Å². The fraction of sp³-hybridized carbons (Fsp3) is 0.537. The molecule has 0 radical (unpaired) electrons. The maximum absolute atomic E-state index is 13.0. The predicted octanol–water partition coefficient (Wildman–Crippen LogP) is -4.06. The van der Waals surface area contributed by atoms with Gasteiger partial charge in [0, 0.05) is 82.1 Å². The average molecular weight is 978 g/mol. The normalized spacial score (nSPS) is 14.6. The van der Waals surface area contributed by atoms with Crippen molar-refractivity contribution >= 4 is 87.7 Å². The van der Waals surface area contributed by atoms with Crippen LogP contribution in [-0.2, 0) is 59.0 Å². The fourth-order valence-electron chi connectivity index (χ4n) is 6.28. The number of fused-ring (bicyclic) bond motifs is 1. The minimum absolute atomic E-state index is 0.0250. The molecule has 0 saturated carbocycles. The van der Waals surface area contributed by atoms with Crippen molar-refractivity contribution in [2.24, 2.45) is 22.2 Å². The number of amides is 7. The molecule has 4 atom stereocenters. The van der Waals surface area contributed by atoms with E-state index in [-0.39, 0.29) is 90.2 Å². The molecule has 2 aromatic rings. The minimum Gasteiger partial charge on any atom is -0.481 e. The lowest BCUT2D eigenvalue weighted by Crippen LogP contribution is -2.55. The van der Waals surface area contributed by atoms with E-state index in [9.17, 15) is 58.2 Å². The molecule has 27 heteroatoms. The number of nitrogens with one attached hydrogen (secondary N) is 5. The van der Waals surface area contributed by atoms with Gasteiger partial charge in [0.1, 0.15) is 17.7 Å². The van der Waals surface area contributed by atoms with Gasteiger partial charge in [-0.25, -0.2) is 9.59 Å². The third-order valence-electron chi connectivity index (χ3n) is 9.79. The molecular formula is C41H59N11O15S. The number of thioether (sulfide) groups is 1. The molecule has 1 unspecified atom stereocenters. The second-order valence-electron chi connectivity index (χ2n) is 15.3. The maximum Gasteiger partial charge on any atom is 0.336 e. The average Bonchev–Trinajstić information content (AvgIpc) is 3.54. The van der Waals surface area contributed by atoms with Gasteiger partial charge in [-0.05, 0) is 30.5 Å². The van der Waals surface area contributed by atoms with Crippen molar-refractivity contribution in [2.75, 3.05) is 83.9 Å². The number of carbonyl (C=O) groups excluding carboxylic acids is 7. The van der Waals surface area contributed by atoms with Crippen molar-refractivity contribution in [3.8, 4) is 0 Å². The molecular weight excluding hydrogens is 919 g/mol. The van der Waals surface area contributed by atoms with Crippen molar-refractivity contribution < 1.29 is 67.3 Å². The summed E-state index contributed by atoms with van der Waals surface area (Å²) in [5.41, 5.74) is 17.5. The number of ether oxygens (including phenoxy) is 2. The zero-order valence-corrected chi connectivity index (χ0v) is 38.4. The summed E-state index contributed by atoms with van der Waals surface area (Å²) >= 11 is 0.755. The molecule has 1 aromatic carbocycles. The highest BCUT2D eigenvalue weighted by Crippen LogP contribution is 2.26. The number of carboxylic acid groups (broad SMARTS) is 2. The molecule has 26 nitrogen and oxygen atoms in total. The van der Waals surface area contributed by atoms with Gasteiger partial charge in [0.25, 0.3) is 0 Å². The molecule has 3 rings (SSSR count). The molecule has 1 aliphatic rings. The van der Waals surface area contributed by atoms with Crippen LogP contribution in [-0.4, -0.2) is 177 Å². The molecule has 13 N–H and O–H groups in total. The van der Waals surface area contributed by atoms with Crippen molar-refractivity contribution in [2.45, 2.75) is 61.9 Å². The number of aliphatic imine (C=N–C) groups is 1. The summed E-state index contributed by atoms with van der Waals surface area (Å²) in [4.78, 5) is 130. The molecule has 374 valence electrons. The minimum atomic E-state index is -1.76. The van der Waals surface area contributed by atoms with Gasteiger partial charge in [0.2, 0.25) is 41.4 Å². The van der Waals surface area contributed by atoms with Crippen LogP contribution < -0.4 is 54.3 Å². The van der Waals surface area contributed by atoms with E-state index in [1.54, 1.807) is 12.1 Å². The molecule has 1 aromatic heterocycles. The number of hydrogen-bond acceptors (Lipinski definition) is 17. The Morgan fingerprint density at radius 3 is 2.21 bits per heavy atom. The van der Waals surface area contributed by atoms with Crippen LogP contribution in [0.1, 0.15) is 37.7 Å². The largest absolute Gasteiger partial charge is 0.481 e. The van der Waals surface area contributed by atoms with E-state index in [0.29, 0.717) is 23.0 Å². The summed E-state index contributed by atoms with van der Waals surface area (Å²) in [5, 5.41) is 30.6. The van der Waals surface area contributed by atoms with Crippen LogP contribution in [0, 0.1) is 0 Å². The molecule has 1 aliphatic heterocycles. The first-order valence-electron chi connectivity index (χ1n) is 21.3. The summed E-state index contributed by atoms with van der Waals surface area (Å²) in [7, 11) is 3.72. The predicted molar refractivity (Wildman–Crippen MR) is 245 cm³/mol. The summed E-state index contributed by atoms with van der Waals surface area (Å²) in [6.07, 6.45) is -0.974. The Bertz CT molecular complexity index is 2220. The lowest BCUT2D eigenvalue weighted by atomic mass is 10.1. The molecule has 2 heterocycles. The Morgan fingerprint density at radius 1 is 0.897 bits per heavy atom. The number of imide groups is 1. The fourth-order valence-corrected chi connectivity index (χ4v) is 7.46. The van der Waals surface area contributed by atoms with Crippen LogP contribution in [0.5, 0.6) is 0 Å². The number of aliphatic carboxylic acids is 2. The quantitative estimate of drug-likeness (QED) is 0.0113. The van der Waals surface area contributed by atoms with E-state index in [1.165, 1.54) is 6.07 Å². The number of anilines is 1. The van der Waals surface area contributed by atoms with Gasteiger partial charge in [-0.3, -0.25) is 48.2 Å². The summed E-state index contributed by atoms with van der Waals surface area (Å²) < 4.78 is 16.2. The smallest absolute Gasteiger partial charge is 0.336 e. The number of hydrogen-bond donors (Lipinski definition) is 10. The Hall–Kier alpha value is -6.84. The zero-order valence-electron chi connectivity index (χ0n) is 37.6. The number of nitrogens with two attached hydrogens (primary N) is 3. The number of benzene rings is 1. The molecule has 1 saturated heterocycles. The molecule has 0 bridgehead atoms. The van der Waals surface area contributed by atoms with E-state index in [4.69, 9.17) is 31.1 Å². The highest BCUT2D eigenvalue weighted by Gasteiger charge is 2.40. The first kappa shape index (κ1) is 55.5. The van der Waals surface area contributed by atoms with Crippen molar-refractivity contribution in [3.05, 3.63) is 40.2 Å². The molecule has 7 amide bonds. The molecule has 0 spiro atoms. The van der Waals surface area contributed by atoms with Gasteiger partial charge < -0.3 is 72.8 Å². The maximum atomic E-state index is 13.0.